The van der Waals surface area contributed by atoms with Crippen molar-refractivity contribution < 1.29 is 13.2 Å². The largest absolute Gasteiger partial charge is 0.330 e. The highest BCUT2D eigenvalue weighted by atomic mass is 35.5. The van der Waals surface area contributed by atoms with E-state index >= 15 is 0 Å². The van der Waals surface area contributed by atoms with E-state index in [2.05, 4.69) is 10.0 Å². The predicted octanol–water partition coefficient (Wildman–Crippen LogP) is 2.40. The molecule has 1 saturated carbocycles. The van der Waals surface area contributed by atoms with Gasteiger partial charge >= 0.3 is 0 Å². The van der Waals surface area contributed by atoms with Crippen molar-refractivity contribution in [2.45, 2.75) is 45.1 Å². The molecule has 1 aromatic rings. The predicted molar refractivity (Wildman–Crippen MR) is 103 cm³/mol. The van der Waals surface area contributed by atoms with Crippen LogP contribution >= 0.6 is 12.4 Å². The molecule has 0 spiro atoms. The minimum atomic E-state index is -3.21. The normalized spacial score (nSPS) is 16.7. The zero-order valence-electron chi connectivity index (χ0n) is 14.6. The fourth-order valence-corrected chi connectivity index (χ4v) is 3.65. The first kappa shape index (κ1) is 21.9. The standard InChI is InChI=1S/C17H27N3O3S.ClH/c1-24(22,23)19-12-14-5-7-15(8-6-14)20-16(21)11-17(13-18)9-3-2-4-10-17;/h5-8,19H,2-4,9-13,18H2,1H3,(H,20,21);1H. The number of halogens is 1. The molecule has 0 saturated heterocycles. The molecule has 1 aromatic carbocycles. The van der Waals surface area contributed by atoms with Gasteiger partial charge in [-0.3, -0.25) is 4.79 Å². The lowest BCUT2D eigenvalue weighted by Crippen LogP contribution is -2.36. The van der Waals surface area contributed by atoms with Crippen LogP contribution < -0.4 is 15.8 Å². The van der Waals surface area contributed by atoms with Crippen LogP contribution in [0.3, 0.4) is 0 Å². The molecule has 0 aromatic heterocycles. The van der Waals surface area contributed by atoms with E-state index in [1.54, 1.807) is 24.3 Å². The SMILES string of the molecule is CS(=O)(=O)NCc1ccc(NC(=O)CC2(CN)CCCCC2)cc1.Cl. The first-order valence-corrected chi connectivity index (χ1v) is 10.2. The summed E-state index contributed by atoms with van der Waals surface area (Å²) in [6.07, 6.45) is 7.15. The lowest BCUT2D eigenvalue weighted by Gasteiger charge is -2.35. The van der Waals surface area contributed by atoms with Gasteiger partial charge in [0.25, 0.3) is 0 Å². The van der Waals surface area contributed by atoms with Gasteiger partial charge in [0.1, 0.15) is 0 Å². The maximum absolute atomic E-state index is 12.3. The number of benzene rings is 1. The minimum Gasteiger partial charge on any atom is -0.330 e. The molecule has 0 unspecified atom stereocenters. The fourth-order valence-electron chi connectivity index (χ4n) is 3.22. The Hall–Kier alpha value is -1.15. The minimum absolute atomic E-state index is 0. The summed E-state index contributed by atoms with van der Waals surface area (Å²) in [5, 5.41) is 2.91. The van der Waals surface area contributed by atoms with Gasteiger partial charge in [-0.2, -0.15) is 0 Å². The van der Waals surface area contributed by atoms with Crippen LogP contribution in [0.1, 0.15) is 44.1 Å². The van der Waals surface area contributed by atoms with Gasteiger partial charge in [-0.1, -0.05) is 31.4 Å². The molecular weight excluding hydrogens is 362 g/mol. The quantitative estimate of drug-likeness (QED) is 0.666. The average molecular weight is 390 g/mol. The molecule has 0 atom stereocenters. The number of hydrogen-bond acceptors (Lipinski definition) is 4. The molecule has 1 aliphatic carbocycles. The number of sulfonamides is 1. The van der Waals surface area contributed by atoms with Crippen LogP contribution in [0.5, 0.6) is 0 Å². The first-order valence-electron chi connectivity index (χ1n) is 8.35. The maximum Gasteiger partial charge on any atom is 0.224 e. The van der Waals surface area contributed by atoms with E-state index in [0.29, 0.717) is 18.7 Å². The Morgan fingerprint density at radius 3 is 2.28 bits per heavy atom. The molecular formula is C17H28ClN3O3S. The topological polar surface area (TPSA) is 101 Å². The van der Waals surface area contributed by atoms with E-state index < -0.39 is 10.0 Å². The van der Waals surface area contributed by atoms with Gasteiger partial charge in [0, 0.05) is 18.7 Å². The molecule has 1 aliphatic rings. The molecule has 8 heteroatoms. The van der Waals surface area contributed by atoms with Crippen molar-refractivity contribution in [1.82, 2.24) is 4.72 Å². The maximum atomic E-state index is 12.3. The number of hydrogen-bond donors (Lipinski definition) is 3. The van der Waals surface area contributed by atoms with Crippen molar-refractivity contribution >= 4 is 34.0 Å². The Balaban J connectivity index is 0.00000312. The number of carbonyl (C=O) groups excluding carboxylic acids is 1. The van der Waals surface area contributed by atoms with Gasteiger partial charge in [-0.15, -0.1) is 12.4 Å². The van der Waals surface area contributed by atoms with Crippen LogP contribution in [0.4, 0.5) is 5.69 Å². The monoisotopic (exact) mass is 389 g/mol. The number of amides is 1. The summed E-state index contributed by atoms with van der Waals surface area (Å²) in [5.41, 5.74) is 7.43. The molecule has 6 nitrogen and oxygen atoms in total. The third kappa shape index (κ3) is 7.32. The zero-order valence-corrected chi connectivity index (χ0v) is 16.2. The Kier molecular flexibility index (Phi) is 8.34. The molecule has 1 fully saturated rings. The van der Waals surface area contributed by atoms with Gasteiger partial charge in [0.15, 0.2) is 0 Å². The van der Waals surface area contributed by atoms with E-state index in [9.17, 15) is 13.2 Å². The van der Waals surface area contributed by atoms with Crippen LogP contribution in [-0.4, -0.2) is 27.1 Å². The lowest BCUT2D eigenvalue weighted by atomic mass is 9.71. The Morgan fingerprint density at radius 1 is 1.16 bits per heavy atom. The number of rotatable bonds is 7. The van der Waals surface area contributed by atoms with E-state index in [1.807, 2.05) is 0 Å². The zero-order chi connectivity index (χ0) is 17.6. The number of nitrogens with two attached hydrogens (primary N) is 1. The van der Waals surface area contributed by atoms with Gasteiger partial charge in [-0.25, -0.2) is 13.1 Å². The summed E-state index contributed by atoms with van der Waals surface area (Å²) in [6.45, 7) is 0.792. The van der Waals surface area contributed by atoms with Gasteiger partial charge in [0.2, 0.25) is 15.9 Å². The summed E-state index contributed by atoms with van der Waals surface area (Å²) in [6, 6.07) is 7.17. The van der Waals surface area contributed by atoms with Gasteiger partial charge < -0.3 is 11.1 Å². The molecule has 1 amide bonds. The highest BCUT2D eigenvalue weighted by Gasteiger charge is 2.32. The summed E-state index contributed by atoms with van der Waals surface area (Å²) in [5.74, 6) is -0.00985. The van der Waals surface area contributed by atoms with Crippen molar-refractivity contribution in [3.63, 3.8) is 0 Å². The first-order chi connectivity index (χ1) is 11.3. The molecule has 4 N–H and O–H groups in total. The Morgan fingerprint density at radius 2 is 1.76 bits per heavy atom. The second kappa shape index (κ2) is 9.52. The van der Waals surface area contributed by atoms with E-state index in [1.165, 1.54) is 6.42 Å². The second-order valence-electron chi connectivity index (χ2n) is 6.78. The molecule has 2 rings (SSSR count). The lowest BCUT2D eigenvalue weighted by molar-refractivity contribution is -0.118. The van der Waals surface area contributed by atoms with E-state index in [0.717, 1.165) is 37.5 Å². The van der Waals surface area contributed by atoms with Crippen molar-refractivity contribution in [2.24, 2.45) is 11.1 Å². The summed E-state index contributed by atoms with van der Waals surface area (Å²) in [7, 11) is -3.21. The number of carbonyl (C=O) groups is 1. The molecule has 0 aliphatic heterocycles. The smallest absolute Gasteiger partial charge is 0.224 e. The summed E-state index contributed by atoms with van der Waals surface area (Å²) in [4.78, 5) is 12.3. The number of anilines is 1. The highest BCUT2D eigenvalue weighted by molar-refractivity contribution is 7.88. The van der Waals surface area contributed by atoms with Crippen LogP contribution in [-0.2, 0) is 21.4 Å². The van der Waals surface area contributed by atoms with Gasteiger partial charge in [-0.05, 0) is 42.5 Å². The fraction of sp³-hybridized carbons (Fsp3) is 0.588. The van der Waals surface area contributed by atoms with E-state index in [4.69, 9.17) is 5.73 Å². The van der Waals surface area contributed by atoms with Gasteiger partial charge in [0.05, 0.1) is 6.26 Å². The molecule has 142 valence electrons. The van der Waals surface area contributed by atoms with Crippen molar-refractivity contribution in [3.8, 4) is 0 Å². The van der Waals surface area contributed by atoms with Crippen molar-refractivity contribution in [1.29, 1.82) is 0 Å². The Labute approximate surface area is 156 Å². The molecule has 25 heavy (non-hydrogen) atoms. The van der Waals surface area contributed by atoms with Crippen LogP contribution in [0.25, 0.3) is 0 Å². The van der Waals surface area contributed by atoms with Crippen molar-refractivity contribution in [2.75, 3.05) is 18.1 Å². The molecule has 0 bridgehead atoms. The highest BCUT2D eigenvalue weighted by Crippen LogP contribution is 2.38. The van der Waals surface area contributed by atoms with Crippen LogP contribution in [0.15, 0.2) is 24.3 Å². The molecule has 0 heterocycles. The third-order valence-corrected chi connectivity index (χ3v) is 5.33. The number of nitrogens with one attached hydrogen (secondary N) is 2. The van der Waals surface area contributed by atoms with E-state index in [-0.39, 0.29) is 30.3 Å². The average Bonchev–Trinajstić information content (AvgIpc) is 2.54. The Bertz CT molecular complexity index is 656. The van der Waals surface area contributed by atoms with Crippen LogP contribution in [0.2, 0.25) is 0 Å². The molecule has 0 radical (unpaired) electrons. The summed E-state index contributed by atoms with van der Waals surface area (Å²) < 4.78 is 24.6. The van der Waals surface area contributed by atoms with Crippen molar-refractivity contribution in [3.05, 3.63) is 29.8 Å². The third-order valence-electron chi connectivity index (χ3n) is 4.66. The summed E-state index contributed by atoms with van der Waals surface area (Å²) >= 11 is 0. The van der Waals surface area contributed by atoms with Crippen LogP contribution in [0, 0.1) is 5.41 Å². The second-order valence-corrected chi connectivity index (χ2v) is 8.61.